The zero-order valence-electron chi connectivity index (χ0n) is 15.0. The van der Waals surface area contributed by atoms with Gasteiger partial charge < -0.3 is 15.1 Å². The molecule has 0 unspecified atom stereocenters. The van der Waals surface area contributed by atoms with E-state index in [2.05, 4.69) is 55.3 Å². The number of hydrogen-bond donors (Lipinski definition) is 1. The molecule has 25 heavy (non-hydrogen) atoms. The molecule has 0 spiro atoms. The molecule has 4 rings (SSSR count). The number of nitrogens with zero attached hydrogens (tertiary/aromatic N) is 5. The van der Waals surface area contributed by atoms with Crippen molar-refractivity contribution >= 4 is 16.5 Å². The molecule has 0 bridgehead atoms. The summed E-state index contributed by atoms with van der Waals surface area (Å²) < 4.78 is 2.19. The van der Waals surface area contributed by atoms with Crippen LogP contribution >= 0.6 is 11.3 Å². The van der Waals surface area contributed by atoms with Crippen LogP contribution in [0.4, 0.5) is 5.13 Å². The van der Waals surface area contributed by atoms with E-state index in [1.165, 1.54) is 37.8 Å². The molecule has 1 aliphatic carbocycles. The van der Waals surface area contributed by atoms with Crippen molar-refractivity contribution in [3.8, 4) is 5.13 Å². The van der Waals surface area contributed by atoms with Crippen molar-refractivity contribution < 1.29 is 0 Å². The molecule has 6 nitrogen and oxygen atoms in total. The Labute approximate surface area is 153 Å². The van der Waals surface area contributed by atoms with Gasteiger partial charge >= 0.3 is 0 Å². The molecular weight excluding hydrogens is 332 g/mol. The second kappa shape index (κ2) is 7.85. The molecule has 0 aromatic carbocycles. The zero-order valence-corrected chi connectivity index (χ0v) is 15.8. The SMILES string of the molecule is CN1CCN(c2nnc(-n3cccc3CNC3CCCCC3)s2)CC1. The van der Waals surface area contributed by atoms with Gasteiger partial charge in [-0.15, -0.1) is 10.2 Å². The normalized spacial score (nSPS) is 20.3. The fourth-order valence-electron chi connectivity index (χ4n) is 3.73. The van der Waals surface area contributed by atoms with E-state index in [0.717, 1.165) is 43.0 Å². The summed E-state index contributed by atoms with van der Waals surface area (Å²) in [6.45, 7) is 5.16. The summed E-state index contributed by atoms with van der Waals surface area (Å²) in [7, 11) is 2.17. The number of rotatable bonds is 5. The van der Waals surface area contributed by atoms with Crippen LogP contribution in [0.1, 0.15) is 37.8 Å². The van der Waals surface area contributed by atoms with Gasteiger partial charge in [-0.05, 0) is 32.0 Å². The predicted octanol–water partition coefficient (Wildman–Crippen LogP) is 2.50. The summed E-state index contributed by atoms with van der Waals surface area (Å²) in [5, 5.41) is 14.6. The first kappa shape index (κ1) is 17.0. The van der Waals surface area contributed by atoms with E-state index < -0.39 is 0 Å². The summed E-state index contributed by atoms with van der Waals surface area (Å²) in [4.78, 5) is 4.71. The number of aromatic nitrogens is 3. The monoisotopic (exact) mass is 360 g/mol. The lowest BCUT2D eigenvalue weighted by Crippen LogP contribution is -2.44. The summed E-state index contributed by atoms with van der Waals surface area (Å²) in [6.07, 6.45) is 8.85. The van der Waals surface area contributed by atoms with Crippen molar-refractivity contribution in [1.82, 2.24) is 25.0 Å². The topological polar surface area (TPSA) is 49.2 Å². The van der Waals surface area contributed by atoms with Crippen molar-refractivity contribution in [2.45, 2.75) is 44.7 Å². The molecule has 0 radical (unpaired) electrons. The Morgan fingerprint density at radius 1 is 1.08 bits per heavy atom. The van der Waals surface area contributed by atoms with Crippen molar-refractivity contribution in [3.05, 3.63) is 24.0 Å². The van der Waals surface area contributed by atoms with Crippen LogP contribution in [-0.2, 0) is 6.54 Å². The molecule has 7 heteroatoms. The molecule has 2 fully saturated rings. The Bertz CT molecular complexity index is 667. The maximum absolute atomic E-state index is 4.46. The maximum atomic E-state index is 4.46. The van der Waals surface area contributed by atoms with Gasteiger partial charge in [-0.25, -0.2) is 0 Å². The molecule has 3 heterocycles. The van der Waals surface area contributed by atoms with E-state index in [0.29, 0.717) is 6.04 Å². The maximum Gasteiger partial charge on any atom is 0.218 e. The first-order valence-corrected chi connectivity index (χ1v) is 10.3. The third-order valence-electron chi connectivity index (χ3n) is 5.39. The molecule has 2 aromatic rings. The first-order chi connectivity index (χ1) is 12.3. The number of nitrogens with one attached hydrogen (secondary N) is 1. The highest BCUT2D eigenvalue weighted by molar-refractivity contribution is 7.17. The van der Waals surface area contributed by atoms with Crippen LogP contribution in [0.25, 0.3) is 5.13 Å². The third kappa shape index (κ3) is 4.04. The van der Waals surface area contributed by atoms with E-state index in [1.54, 1.807) is 11.3 Å². The number of likely N-dealkylation sites (N-methyl/N-ethyl adjacent to an activating group) is 1. The standard InChI is InChI=1S/C18H28N6S/c1-22-10-12-23(13-11-22)17-20-21-18(25-17)24-9-5-8-16(24)14-19-15-6-3-2-4-7-15/h5,8-9,15,19H,2-4,6-7,10-14H2,1H3. The summed E-state index contributed by atoms with van der Waals surface area (Å²) in [5.74, 6) is 0. The molecular formula is C18H28N6S. The average Bonchev–Trinajstić information content (AvgIpc) is 3.30. The van der Waals surface area contributed by atoms with Crippen LogP contribution in [0.5, 0.6) is 0 Å². The minimum atomic E-state index is 0.674. The van der Waals surface area contributed by atoms with E-state index in [1.807, 2.05) is 0 Å². The van der Waals surface area contributed by atoms with Gasteiger partial charge in [0.25, 0.3) is 0 Å². The van der Waals surface area contributed by atoms with E-state index in [4.69, 9.17) is 0 Å². The second-order valence-corrected chi connectivity index (χ2v) is 8.18. The molecule has 0 amide bonds. The van der Waals surface area contributed by atoms with Crippen LogP contribution in [0, 0.1) is 0 Å². The van der Waals surface area contributed by atoms with Crippen molar-refractivity contribution in [1.29, 1.82) is 0 Å². The quantitative estimate of drug-likeness (QED) is 0.888. The predicted molar refractivity (Wildman–Crippen MR) is 103 cm³/mol. The Hall–Kier alpha value is -1.44. The molecule has 2 aliphatic rings. The number of piperazine rings is 1. The minimum Gasteiger partial charge on any atom is -0.344 e. The molecule has 1 N–H and O–H groups in total. The largest absolute Gasteiger partial charge is 0.344 e. The van der Waals surface area contributed by atoms with Gasteiger partial charge in [0, 0.05) is 50.7 Å². The van der Waals surface area contributed by atoms with E-state index in [-0.39, 0.29) is 0 Å². The highest BCUT2D eigenvalue weighted by atomic mass is 32.1. The van der Waals surface area contributed by atoms with Crippen LogP contribution in [0.2, 0.25) is 0 Å². The van der Waals surface area contributed by atoms with Gasteiger partial charge in [-0.1, -0.05) is 30.6 Å². The third-order valence-corrected chi connectivity index (χ3v) is 6.38. The van der Waals surface area contributed by atoms with E-state index >= 15 is 0 Å². The van der Waals surface area contributed by atoms with Gasteiger partial charge in [-0.2, -0.15) is 0 Å². The molecule has 1 saturated heterocycles. The van der Waals surface area contributed by atoms with Gasteiger partial charge in [-0.3, -0.25) is 4.57 Å². The first-order valence-electron chi connectivity index (χ1n) is 9.46. The van der Waals surface area contributed by atoms with Gasteiger partial charge in [0.15, 0.2) is 0 Å². The van der Waals surface area contributed by atoms with Gasteiger partial charge in [0.1, 0.15) is 0 Å². The molecule has 0 atom stereocenters. The molecule has 136 valence electrons. The van der Waals surface area contributed by atoms with Crippen molar-refractivity contribution in [2.75, 3.05) is 38.1 Å². The molecule has 1 aliphatic heterocycles. The lowest BCUT2D eigenvalue weighted by molar-refractivity contribution is 0.312. The summed E-state index contributed by atoms with van der Waals surface area (Å²) in [6, 6.07) is 4.97. The average molecular weight is 361 g/mol. The van der Waals surface area contributed by atoms with Crippen LogP contribution in [0.3, 0.4) is 0 Å². The van der Waals surface area contributed by atoms with Gasteiger partial charge in [0.05, 0.1) is 0 Å². The number of anilines is 1. The van der Waals surface area contributed by atoms with Crippen LogP contribution in [0.15, 0.2) is 18.3 Å². The van der Waals surface area contributed by atoms with Crippen molar-refractivity contribution in [2.24, 2.45) is 0 Å². The Morgan fingerprint density at radius 2 is 1.84 bits per heavy atom. The Kier molecular flexibility index (Phi) is 5.33. The van der Waals surface area contributed by atoms with Crippen LogP contribution in [-0.4, -0.2) is 58.9 Å². The van der Waals surface area contributed by atoms with Gasteiger partial charge in [0.2, 0.25) is 10.3 Å². The summed E-state index contributed by atoms with van der Waals surface area (Å²) in [5.41, 5.74) is 1.27. The smallest absolute Gasteiger partial charge is 0.218 e. The Morgan fingerprint density at radius 3 is 2.64 bits per heavy atom. The van der Waals surface area contributed by atoms with E-state index in [9.17, 15) is 0 Å². The Balaban J connectivity index is 1.41. The lowest BCUT2D eigenvalue weighted by atomic mass is 9.95. The lowest BCUT2D eigenvalue weighted by Gasteiger charge is -2.31. The fourth-order valence-corrected chi connectivity index (χ4v) is 4.65. The summed E-state index contributed by atoms with van der Waals surface area (Å²) >= 11 is 1.69. The van der Waals surface area contributed by atoms with Crippen molar-refractivity contribution in [3.63, 3.8) is 0 Å². The molecule has 1 saturated carbocycles. The highest BCUT2D eigenvalue weighted by Gasteiger charge is 2.19. The van der Waals surface area contributed by atoms with Crippen LogP contribution < -0.4 is 10.2 Å². The minimum absolute atomic E-state index is 0.674. The highest BCUT2D eigenvalue weighted by Crippen LogP contribution is 2.25. The second-order valence-electron chi connectivity index (χ2n) is 7.24. The zero-order chi connectivity index (χ0) is 17.1. The number of hydrogen-bond acceptors (Lipinski definition) is 6. The molecule has 2 aromatic heterocycles. The fraction of sp³-hybridized carbons (Fsp3) is 0.667.